The Bertz CT molecular complexity index is 198. The molecule has 0 radical (unpaired) electrons. The molecule has 1 rings (SSSR count). The van der Waals surface area contributed by atoms with Crippen LogP contribution in [-0.4, -0.2) is 23.9 Å². The highest BCUT2D eigenvalue weighted by atomic mass is 16.2. The van der Waals surface area contributed by atoms with E-state index in [-0.39, 0.29) is 5.91 Å². The van der Waals surface area contributed by atoms with Gasteiger partial charge in [0.05, 0.1) is 0 Å². The van der Waals surface area contributed by atoms with Gasteiger partial charge in [-0.05, 0) is 30.8 Å². The van der Waals surface area contributed by atoms with Gasteiger partial charge in [-0.15, -0.1) is 0 Å². The Morgan fingerprint density at radius 1 is 1.62 bits per heavy atom. The zero-order valence-electron chi connectivity index (χ0n) is 8.62. The molecule has 74 valence electrons. The van der Waals surface area contributed by atoms with Crippen LogP contribution in [0.5, 0.6) is 0 Å². The van der Waals surface area contributed by atoms with Crippen LogP contribution in [0.1, 0.15) is 26.7 Å². The van der Waals surface area contributed by atoms with Gasteiger partial charge in [0.25, 0.3) is 0 Å². The Morgan fingerprint density at radius 3 is 2.85 bits per heavy atom. The Kier molecular flexibility index (Phi) is 3.52. The van der Waals surface area contributed by atoms with Crippen molar-refractivity contribution in [3.8, 4) is 0 Å². The Hall–Kier alpha value is -0.790. The molecule has 0 aliphatic carbocycles. The molecule has 0 unspecified atom stereocenters. The van der Waals surface area contributed by atoms with E-state index in [1.54, 1.807) is 0 Å². The molecule has 1 fully saturated rings. The largest absolute Gasteiger partial charge is 0.339 e. The van der Waals surface area contributed by atoms with Gasteiger partial charge >= 0.3 is 0 Å². The Balaban J connectivity index is 2.51. The quantitative estimate of drug-likeness (QED) is 0.597. The van der Waals surface area contributed by atoms with Crippen LogP contribution in [0.25, 0.3) is 0 Å². The fourth-order valence-corrected chi connectivity index (χ4v) is 1.88. The van der Waals surface area contributed by atoms with Crippen LogP contribution in [0, 0.1) is 11.8 Å². The van der Waals surface area contributed by atoms with E-state index in [4.69, 9.17) is 0 Å². The molecule has 2 nitrogen and oxygen atoms in total. The monoisotopic (exact) mass is 181 g/mol. The molecule has 13 heavy (non-hydrogen) atoms. The molecule has 1 saturated heterocycles. The third kappa shape index (κ3) is 2.58. The zero-order valence-corrected chi connectivity index (χ0v) is 8.62. The van der Waals surface area contributed by atoms with Crippen LogP contribution >= 0.6 is 0 Å². The van der Waals surface area contributed by atoms with E-state index < -0.39 is 0 Å². The first-order valence-corrected chi connectivity index (χ1v) is 5.06. The van der Waals surface area contributed by atoms with Crippen molar-refractivity contribution in [3.63, 3.8) is 0 Å². The summed E-state index contributed by atoms with van der Waals surface area (Å²) in [5, 5.41) is 0. The van der Waals surface area contributed by atoms with Crippen LogP contribution in [-0.2, 0) is 4.79 Å². The van der Waals surface area contributed by atoms with Crippen molar-refractivity contribution in [2.24, 2.45) is 11.8 Å². The number of hydrogen-bond donors (Lipinski definition) is 0. The van der Waals surface area contributed by atoms with Crippen molar-refractivity contribution in [3.05, 3.63) is 12.7 Å². The van der Waals surface area contributed by atoms with Crippen molar-refractivity contribution in [2.75, 3.05) is 13.1 Å². The van der Waals surface area contributed by atoms with Gasteiger partial charge in [-0.1, -0.05) is 20.4 Å². The standard InChI is InChI=1S/C11H19NO/c1-4-11(13)12-7-5-6-10(8-12)9(2)3/h4,9-10H,1,5-8H2,2-3H3/t10-/m1/s1. The topological polar surface area (TPSA) is 20.3 Å². The van der Waals surface area contributed by atoms with Gasteiger partial charge in [-0.3, -0.25) is 4.79 Å². The average Bonchev–Trinajstić information content (AvgIpc) is 2.17. The highest BCUT2D eigenvalue weighted by Gasteiger charge is 2.23. The van der Waals surface area contributed by atoms with Gasteiger partial charge in [0, 0.05) is 13.1 Å². The van der Waals surface area contributed by atoms with Crippen LogP contribution < -0.4 is 0 Å². The highest BCUT2D eigenvalue weighted by molar-refractivity contribution is 5.87. The van der Waals surface area contributed by atoms with E-state index in [1.807, 2.05) is 4.90 Å². The minimum atomic E-state index is 0.0883. The normalized spacial score (nSPS) is 23.3. The molecule has 1 aliphatic rings. The smallest absolute Gasteiger partial charge is 0.245 e. The third-order valence-corrected chi connectivity index (χ3v) is 2.89. The van der Waals surface area contributed by atoms with Crippen LogP contribution in [0.3, 0.4) is 0 Å². The summed E-state index contributed by atoms with van der Waals surface area (Å²) < 4.78 is 0. The van der Waals surface area contributed by atoms with E-state index in [9.17, 15) is 4.79 Å². The Morgan fingerprint density at radius 2 is 2.31 bits per heavy atom. The van der Waals surface area contributed by atoms with Crippen molar-refractivity contribution in [1.82, 2.24) is 4.90 Å². The first-order valence-electron chi connectivity index (χ1n) is 5.06. The van der Waals surface area contributed by atoms with Crippen molar-refractivity contribution in [1.29, 1.82) is 0 Å². The summed E-state index contributed by atoms with van der Waals surface area (Å²) in [4.78, 5) is 13.3. The first-order chi connectivity index (χ1) is 6.15. The molecule has 0 bridgehead atoms. The molecule has 2 heteroatoms. The predicted octanol–water partition coefficient (Wildman–Crippen LogP) is 2.07. The van der Waals surface area contributed by atoms with Crippen molar-refractivity contribution >= 4 is 5.91 Å². The van der Waals surface area contributed by atoms with Gasteiger partial charge in [-0.2, -0.15) is 0 Å². The van der Waals surface area contributed by atoms with Crippen molar-refractivity contribution < 1.29 is 4.79 Å². The zero-order chi connectivity index (χ0) is 9.84. The molecule has 0 aromatic carbocycles. The lowest BCUT2D eigenvalue weighted by Gasteiger charge is -2.34. The van der Waals surface area contributed by atoms with E-state index in [0.717, 1.165) is 19.5 Å². The van der Waals surface area contributed by atoms with Gasteiger partial charge in [0.2, 0.25) is 5.91 Å². The molecule has 0 spiro atoms. The lowest BCUT2D eigenvalue weighted by molar-refractivity contribution is -0.128. The summed E-state index contributed by atoms with van der Waals surface area (Å²) in [5.41, 5.74) is 0. The number of carbonyl (C=O) groups excluding carboxylic acids is 1. The SMILES string of the molecule is C=CC(=O)N1CCC[C@@H](C(C)C)C1. The van der Waals surface area contributed by atoms with E-state index in [0.29, 0.717) is 11.8 Å². The van der Waals surface area contributed by atoms with Crippen molar-refractivity contribution in [2.45, 2.75) is 26.7 Å². The van der Waals surface area contributed by atoms with Gasteiger partial charge in [-0.25, -0.2) is 0 Å². The maximum absolute atomic E-state index is 11.3. The third-order valence-electron chi connectivity index (χ3n) is 2.89. The number of piperidine rings is 1. The molecule has 0 N–H and O–H groups in total. The number of rotatable bonds is 2. The number of likely N-dealkylation sites (tertiary alicyclic amines) is 1. The summed E-state index contributed by atoms with van der Waals surface area (Å²) in [6.45, 7) is 9.80. The average molecular weight is 181 g/mol. The number of nitrogens with zero attached hydrogens (tertiary/aromatic N) is 1. The summed E-state index contributed by atoms with van der Waals surface area (Å²) in [7, 11) is 0. The predicted molar refractivity (Wildman–Crippen MR) is 54.3 cm³/mol. The minimum absolute atomic E-state index is 0.0883. The molecule has 0 aromatic heterocycles. The molecular weight excluding hydrogens is 162 g/mol. The van der Waals surface area contributed by atoms with Crippen LogP contribution in [0.4, 0.5) is 0 Å². The molecule has 1 atom stereocenters. The first kappa shape index (κ1) is 10.3. The second-order valence-electron chi connectivity index (χ2n) is 4.13. The molecular formula is C11H19NO. The maximum Gasteiger partial charge on any atom is 0.245 e. The number of carbonyl (C=O) groups is 1. The van der Waals surface area contributed by atoms with Crippen LogP contribution in [0.2, 0.25) is 0 Å². The summed E-state index contributed by atoms with van der Waals surface area (Å²) in [6.07, 6.45) is 3.82. The van der Waals surface area contributed by atoms with Gasteiger partial charge < -0.3 is 4.90 Å². The summed E-state index contributed by atoms with van der Waals surface area (Å²) in [6, 6.07) is 0. The fourth-order valence-electron chi connectivity index (χ4n) is 1.88. The van der Waals surface area contributed by atoms with E-state index >= 15 is 0 Å². The lowest BCUT2D eigenvalue weighted by atomic mass is 9.88. The van der Waals surface area contributed by atoms with E-state index in [2.05, 4.69) is 20.4 Å². The van der Waals surface area contributed by atoms with E-state index in [1.165, 1.54) is 12.5 Å². The lowest BCUT2D eigenvalue weighted by Crippen LogP contribution is -2.40. The maximum atomic E-state index is 11.3. The Labute approximate surface area is 80.6 Å². The summed E-state index contributed by atoms with van der Waals surface area (Å²) in [5.74, 6) is 1.45. The number of hydrogen-bond acceptors (Lipinski definition) is 1. The second kappa shape index (κ2) is 4.45. The summed E-state index contributed by atoms with van der Waals surface area (Å²) >= 11 is 0. The molecule has 0 saturated carbocycles. The molecule has 0 aromatic rings. The van der Waals surface area contributed by atoms with Gasteiger partial charge in [0.1, 0.15) is 0 Å². The molecule has 1 heterocycles. The molecule has 1 amide bonds. The second-order valence-corrected chi connectivity index (χ2v) is 4.13. The highest BCUT2D eigenvalue weighted by Crippen LogP contribution is 2.23. The van der Waals surface area contributed by atoms with Crippen LogP contribution in [0.15, 0.2) is 12.7 Å². The molecule has 1 aliphatic heterocycles. The minimum Gasteiger partial charge on any atom is -0.339 e. The number of amides is 1. The fraction of sp³-hybridized carbons (Fsp3) is 0.727. The van der Waals surface area contributed by atoms with Gasteiger partial charge in [0.15, 0.2) is 0 Å².